The van der Waals surface area contributed by atoms with Gasteiger partial charge in [-0.15, -0.1) is 0 Å². The average Bonchev–Trinajstić information content (AvgIpc) is 2.84. The molecule has 7 nitrogen and oxygen atoms in total. The van der Waals surface area contributed by atoms with Gasteiger partial charge in [0, 0.05) is 13.2 Å². The number of guanidine groups is 1. The SMILES string of the molecule is CC(C)S(=O)(=O)NC1=NCN(CC2CCCO2)CN1. The average molecular weight is 290 g/mol. The minimum Gasteiger partial charge on any atom is -0.377 e. The zero-order valence-electron chi connectivity index (χ0n) is 11.4. The largest absolute Gasteiger partial charge is 0.377 e. The van der Waals surface area contributed by atoms with Crippen molar-refractivity contribution in [3.05, 3.63) is 0 Å². The first-order valence-electron chi connectivity index (χ1n) is 6.61. The zero-order chi connectivity index (χ0) is 13.9. The van der Waals surface area contributed by atoms with E-state index in [2.05, 4.69) is 19.9 Å². The van der Waals surface area contributed by atoms with E-state index in [0.717, 1.165) is 26.0 Å². The molecule has 0 amide bonds. The van der Waals surface area contributed by atoms with Crippen molar-refractivity contribution in [3.63, 3.8) is 0 Å². The van der Waals surface area contributed by atoms with Crippen LogP contribution in [0.3, 0.4) is 0 Å². The fourth-order valence-corrected chi connectivity index (χ4v) is 2.62. The summed E-state index contributed by atoms with van der Waals surface area (Å²) in [7, 11) is -3.32. The summed E-state index contributed by atoms with van der Waals surface area (Å²) < 4.78 is 31.4. The van der Waals surface area contributed by atoms with Crippen LogP contribution in [-0.4, -0.2) is 57.1 Å². The molecule has 2 aliphatic rings. The molecule has 1 atom stereocenters. The van der Waals surface area contributed by atoms with Crippen molar-refractivity contribution in [3.8, 4) is 0 Å². The molecule has 2 N–H and O–H groups in total. The number of rotatable bonds is 4. The van der Waals surface area contributed by atoms with Gasteiger partial charge in [-0.3, -0.25) is 9.62 Å². The van der Waals surface area contributed by atoms with Gasteiger partial charge in [0.2, 0.25) is 16.0 Å². The molecule has 0 aromatic rings. The van der Waals surface area contributed by atoms with Crippen LogP contribution in [-0.2, 0) is 14.8 Å². The summed E-state index contributed by atoms with van der Waals surface area (Å²) in [5.74, 6) is 0.331. The first-order chi connectivity index (χ1) is 8.97. The van der Waals surface area contributed by atoms with Gasteiger partial charge in [0.15, 0.2) is 0 Å². The van der Waals surface area contributed by atoms with Crippen LogP contribution in [0.4, 0.5) is 0 Å². The van der Waals surface area contributed by atoms with Crippen molar-refractivity contribution in [2.24, 2.45) is 4.99 Å². The summed E-state index contributed by atoms with van der Waals surface area (Å²) in [5, 5.41) is 2.51. The molecular weight excluding hydrogens is 268 g/mol. The van der Waals surface area contributed by atoms with Gasteiger partial charge in [-0.2, -0.15) is 0 Å². The molecule has 0 radical (unpaired) electrons. The van der Waals surface area contributed by atoms with Gasteiger partial charge in [-0.05, 0) is 26.7 Å². The summed E-state index contributed by atoms with van der Waals surface area (Å²) in [4.78, 5) is 6.31. The third-order valence-electron chi connectivity index (χ3n) is 3.24. The lowest BCUT2D eigenvalue weighted by molar-refractivity contribution is 0.0714. The van der Waals surface area contributed by atoms with Crippen LogP contribution >= 0.6 is 0 Å². The maximum Gasteiger partial charge on any atom is 0.237 e. The summed E-state index contributed by atoms with van der Waals surface area (Å²) in [6, 6.07) is 0. The highest BCUT2D eigenvalue weighted by molar-refractivity contribution is 7.90. The second kappa shape index (κ2) is 6.06. The van der Waals surface area contributed by atoms with Gasteiger partial charge in [0.1, 0.15) is 0 Å². The van der Waals surface area contributed by atoms with E-state index >= 15 is 0 Å². The van der Waals surface area contributed by atoms with E-state index < -0.39 is 15.3 Å². The first kappa shape index (κ1) is 14.5. The summed E-state index contributed by atoms with van der Waals surface area (Å²) in [6.45, 7) is 6.02. The summed E-state index contributed by atoms with van der Waals surface area (Å²) >= 11 is 0. The van der Waals surface area contributed by atoms with E-state index in [9.17, 15) is 8.42 Å². The monoisotopic (exact) mass is 290 g/mol. The van der Waals surface area contributed by atoms with Gasteiger partial charge in [-0.25, -0.2) is 13.4 Å². The number of nitrogens with one attached hydrogen (secondary N) is 2. The number of ether oxygens (including phenoxy) is 1. The molecule has 0 aromatic heterocycles. The Bertz CT molecular complexity index is 429. The fraction of sp³-hybridized carbons (Fsp3) is 0.909. The Kier molecular flexibility index (Phi) is 4.64. The van der Waals surface area contributed by atoms with Crippen LogP contribution in [0, 0.1) is 0 Å². The predicted molar refractivity (Wildman–Crippen MR) is 73.2 cm³/mol. The Balaban J connectivity index is 1.82. The Morgan fingerprint density at radius 2 is 2.37 bits per heavy atom. The molecule has 2 rings (SSSR count). The second-order valence-electron chi connectivity index (χ2n) is 5.17. The van der Waals surface area contributed by atoms with Crippen molar-refractivity contribution in [1.29, 1.82) is 0 Å². The third kappa shape index (κ3) is 4.05. The first-order valence-corrected chi connectivity index (χ1v) is 8.16. The topological polar surface area (TPSA) is 83.0 Å². The molecule has 110 valence electrons. The molecule has 0 aromatic carbocycles. The van der Waals surface area contributed by atoms with Crippen molar-refractivity contribution >= 4 is 16.0 Å². The fourth-order valence-electron chi connectivity index (χ4n) is 1.98. The molecule has 0 aliphatic carbocycles. The quantitative estimate of drug-likeness (QED) is 0.741. The van der Waals surface area contributed by atoms with Gasteiger partial charge >= 0.3 is 0 Å². The molecule has 1 fully saturated rings. The molecule has 19 heavy (non-hydrogen) atoms. The number of sulfonamides is 1. The molecule has 0 spiro atoms. The highest BCUT2D eigenvalue weighted by Gasteiger charge is 2.23. The molecule has 0 saturated carbocycles. The molecule has 1 unspecified atom stereocenters. The number of nitrogens with zero attached hydrogens (tertiary/aromatic N) is 2. The minimum atomic E-state index is -3.32. The molecule has 2 heterocycles. The van der Waals surface area contributed by atoms with Crippen LogP contribution in [0.2, 0.25) is 0 Å². The molecular formula is C11H22N4O3S. The molecule has 8 heteroatoms. The number of hydrogen-bond acceptors (Lipinski definition) is 6. The standard InChI is InChI=1S/C11H22N4O3S/c1-9(2)19(16,17)14-11-12-7-15(8-13-11)6-10-4-3-5-18-10/h9-10H,3-8H2,1-2H3,(H2,12,13,14). The lowest BCUT2D eigenvalue weighted by atomic mass is 10.2. The van der Waals surface area contributed by atoms with Gasteiger partial charge < -0.3 is 10.1 Å². The number of hydrogen-bond donors (Lipinski definition) is 2. The maximum atomic E-state index is 11.7. The van der Waals surface area contributed by atoms with Crippen LogP contribution in [0.25, 0.3) is 0 Å². The Morgan fingerprint density at radius 3 is 2.89 bits per heavy atom. The van der Waals surface area contributed by atoms with Gasteiger partial charge in [-0.1, -0.05) is 0 Å². The van der Waals surface area contributed by atoms with Gasteiger partial charge in [0.25, 0.3) is 0 Å². The summed E-state index contributed by atoms with van der Waals surface area (Å²) in [5.41, 5.74) is 0. The summed E-state index contributed by atoms with van der Waals surface area (Å²) in [6.07, 6.45) is 2.49. The van der Waals surface area contributed by atoms with E-state index in [-0.39, 0.29) is 6.10 Å². The van der Waals surface area contributed by atoms with E-state index in [0.29, 0.717) is 19.3 Å². The van der Waals surface area contributed by atoms with E-state index in [1.165, 1.54) is 0 Å². The second-order valence-corrected chi connectivity index (χ2v) is 7.40. The Morgan fingerprint density at radius 1 is 1.58 bits per heavy atom. The smallest absolute Gasteiger partial charge is 0.237 e. The Hall–Kier alpha value is -0.860. The van der Waals surface area contributed by atoms with Crippen molar-refractivity contribution in [1.82, 2.24) is 14.9 Å². The molecule has 2 aliphatic heterocycles. The normalized spacial score (nSPS) is 25.2. The van der Waals surface area contributed by atoms with Crippen LogP contribution in [0.1, 0.15) is 26.7 Å². The highest BCUT2D eigenvalue weighted by Crippen LogP contribution is 2.13. The van der Waals surface area contributed by atoms with Crippen LogP contribution < -0.4 is 10.0 Å². The van der Waals surface area contributed by atoms with E-state index in [1.807, 2.05) is 0 Å². The molecule has 0 bridgehead atoms. The Labute approximate surface area is 114 Å². The van der Waals surface area contributed by atoms with Crippen LogP contribution in [0.15, 0.2) is 4.99 Å². The highest BCUT2D eigenvalue weighted by atomic mass is 32.2. The lowest BCUT2D eigenvalue weighted by Gasteiger charge is -2.28. The van der Waals surface area contributed by atoms with Crippen molar-refractivity contribution < 1.29 is 13.2 Å². The van der Waals surface area contributed by atoms with Crippen molar-refractivity contribution in [2.75, 3.05) is 26.5 Å². The predicted octanol–water partition coefficient (Wildman–Crippen LogP) is -0.331. The van der Waals surface area contributed by atoms with Gasteiger partial charge in [0.05, 0.1) is 24.7 Å². The zero-order valence-corrected chi connectivity index (χ0v) is 12.2. The van der Waals surface area contributed by atoms with Crippen molar-refractivity contribution in [2.45, 2.75) is 38.0 Å². The lowest BCUT2D eigenvalue weighted by Crippen LogP contribution is -2.52. The maximum absolute atomic E-state index is 11.7. The van der Waals surface area contributed by atoms with Crippen LogP contribution in [0.5, 0.6) is 0 Å². The van der Waals surface area contributed by atoms with E-state index in [4.69, 9.17) is 4.74 Å². The molecule has 1 saturated heterocycles. The van der Waals surface area contributed by atoms with E-state index in [1.54, 1.807) is 13.8 Å². The minimum absolute atomic E-state index is 0.283. The third-order valence-corrected chi connectivity index (χ3v) is 4.96. The number of aliphatic imine (C=N–C) groups is 1.